The van der Waals surface area contributed by atoms with Gasteiger partial charge < -0.3 is 10.1 Å². The van der Waals surface area contributed by atoms with E-state index in [-0.39, 0.29) is 5.57 Å². The largest absolute Gasteiger partial charge is 0.497 e. The van der Waals surface area contributed by atoms with Crippen LogP contribution in [0.3, 0.4) is 0 Å². The quantitative estimate of drug-likeness (QED) is 0.665. The minimum absolute atomic E-state index is 0.0303. The average molecular weight is 357 g/mol. The number of ether oxygens (including phenoxy) is 1. The van der Waals surface area contributed by atoms with Crippen molar-refractivity contribution in [3.63, 3.8) is 0 Å². The van der Waals surface area contributed by atoms with Gasteiger partial charge in [0.05, 0.1) is 7.11 Å². The lowest BCUT2D eigenvalue weighted by molar-refractivity contribution is -0.112. The SMILES string of the molecule is COc1ccc(NC(=O)/C(C#N)=C/c2ccccc2Br)cc1. The molecular weight excluding hydrogens is 344 g/mol. The van der Waals surface area contributed by atoms with Crippen molar-refractivity contribution in [1.29, 1.82) is 5.26 Å². The molecule has 0 radical (unpaired) electrons. The molecule has 22 heavy (non-hydrogen) atoms. The lowest BCUT2D eigenvalue weighted by Gasteiger charge is -2.06. The van der Waals surface area contributed by atoms with Crippen LogP contribution in [-0.2, 0) is 4.79 Å². The Labute approximate surface area is 137 Å². The van der Waals surface area contributed by atoms with Gasteiger partial charge in [0.1, 0.15) is 17.4 Å². The van der Waals surface area contributed by atoms with Crippen LogP contribution in [-0.4, -0.2) is 13.0 Å². The van der Waals surface area contributed by atoms with Crippen LogP contribution in [0.15, 0.2) is 58.6 Å². The normalized spacial score (nSPS) is 10.7. The van der Waals surface area contributed by atoms with E-state index in [0.717, 1.165) is 10.0 Å². The molecule has 0 atom stereocenters. The Morgan fingerprint density at radius 2 is 1.91 bits per heavy atom. The molecule has 110 valence electrons. The van der Waals surface area contributed by atoms with Gasteiger partial charge in [-0.15, -0.1) is 0 Å². The number of nitrogens with one attached hydrogen (secondary N) is 1. The van der Waals surface area contributed by atoms with Gasteiger partial charge in [0.15, 0.2) is 0 Å². The number of carbonyl (C=O) groups excluding carboxylic acids is 1. The van der Waals surface area contributed by atoms with E-state index in [1.807, 2.05) is 30.3 Å². The standard InChI is InChI=1S/C17H13BrN2O2/c1-22-15-8-6-14(7-9-15)20-17(21)13(11-19)10-12-4-2-3-5-16(12)18/h2-10H,1H3,(H,20,21)/b13-10+. The fraction of sp³-hybridized carbons (Fsp3) is 0.0588. The summed E-state index contributed by atoms with van der Waals surface area (Å²) < 4.78 is 5.87. The first-order valence-electron chi connectivity index (χ1n) is 6.46. The molecule has 0 aliphatic heterocycles. The van der Waals surface area contributed by atoms with Crippen molar-refractivity contribution in [2.24, 2.45) is 0 Å². The highest BCUT2D eigenvalue weighted by molar-refractivity contribution is 9.10. The molecule has 0 aromatic heterocycles. The van der Waals surface area contributed by atoms with Gasteiger partial charge in [-0.2, -0.15) is 5.26 Å². The summed E-state index contributed by atoms with van der Waals surface area (Å²) >= 11 is 3.39. The number of hydrogen-bond donors (Lipinski definition) is 1. The number of amides is 1. The average Bonchev–Trinajstić information content (AvgIpc) is 2.54. The lowest BCUT2D eigenvalue weighted by Crippen LogP contribution is -2.13. The Morgan fingerprint density at radius 3 is 2.50 bits per heavy atom. The van der Waals surface area contributed by atoms with Crippen LogP contribution in [0.2, 0.25) is 0 Å². The minimum Gasteiger partial charge on any atom is -0.497 e. The number of methoxy groups -OCH3 is 1. The van der Waals surface area contributed by atoms with Crippen molar-refractivity contribution in [1.82, 2.24) is 0 Å². The Balaban J connectivity index is 2.19. The second kappa shape index (κ2) is 7.43. The maximum atomic E-state index is 12.2. The highest BCUT2D eigenvalue weighted by atomic mass is 79.9. The van der Waals surface area contributed by atoms with Gasteiger partial charge in [0.2, 0.25) is 0 Å². The first kappa shape index (κ1) is 15.8. The maximum Gasteiger partial charge on any atom is 0.266 e. The summed E-state index contributed by atoms with van der Waals surface area (Å²) in [5.74, 6) is 0.241. The Bertz CT molecular complexity index is 746. The molecule has 0 fully saturated rings. The zero-order chi connectivity index (χ0) is 15.9. The molecule has 0 spiro atoms. The molecule has 5 heteroatoms. The van der Waals surface area contributed by atoms with E-state index in [9.17, 15) is 10.1 Å². The van der Waals surface area contributed by atoms with Crippen LogP contribution < -0.4 is 10.1 Å². The number of hydrogen-bond acceptors (Lipinski definition) is 3. The molecule has 2 aromatic carbocycles. The van der Waals surface area contributed by atoms with Crippen LogP contribution >= 0.6 is 15.9 Å². The molecule has 4 nitrogen and oxygen atoms in total. The molecule has 0 heterocycles. The number of halogens is 1. The topological polar surface area (TPSA) is 62.1 Å². The number of nitrogens with zero attached hydrogens (tertiary/aromatic N) is 1. The zero-order valence-corrected chi connectivity index (χ0v) is 13.4. The monoisotopic (exact) mass is 356 g/mol. The number of benzene rings is 2. The van der Waals surface area contributed by atoms with Crippen LogP contribution in [0.5, 0.6) is 5.75 Å². The van der Waals surface area contributed by atoms with E-state index in [4.69, 9.17) is 4.74 Å². The zero-order valence-electron chi connectivity index (χ0n) is 11.8. The van der Waals surface area contributed by atoms with Gasteiger partial charge in [-0.05, 0) is 42.0 Å². The first-order valence-corrected chi connectivity index (χ1v) is 7.25. The third-order valence-electron chi connectivity index (χ3n) is 2.92. The van der Waals surface area contributed by atoms with E-state index in [0.29, 0.717) is 11.4 Å². The second-order valence-electron chi connectivity index (χ2n) is 4.37. The van der Waals surface area contributed by atoms with Crippen LogP contribution in [0.1, 0.15) is 5.56 Å². The van der Waals surface area contributed by atoms with Gasteiger partial charge in [0, 0.05) is 10.2 Å². The van der Waals surface area contributed by atoms with E-state index in [2.05, 4.69) is 21.2 Å². The summed E-state index contributed by atoms with van der Waals surface area (Å²) in [6, 6.07) is 16.2. The first-order chi connectivity index (χ1) is 10.6. The van der Waals surface area contributed by atoms with Gasteiger partial charge in [0.25, 0.3) is 5.91 Å². The molecule has 0 aliphatic carbocycles. The second-order valence-corrected chi connectivity index (χ2v) is 5.23. The van der Waals surface area contributed by atoms with E-state index < -0.39 is 5.91 Å². The van der Waals surface area contributed by atoms with Gasteiger partial charge in [-0.1, -0.05) is 34.1 Å². The highest BCUT2D eigenvalue weighted by Gasteiger charge is 2.10. The molecule has 0 aliphatic rings. The molecule has 1 N–H and O–H groups in total. The maximum absolute atomic E-state index is 12.2. The van der Waals surface area contributed by atoms with Crippen LogP contribution in [0.4, 0.5) is 5.69 Å². The van der Waals surface area contributed by atoms with Crippen molar-refractivity contribution in [2.45, 2.75) is 0 Å². The summed E-state index contributed by atoms with van der Waals surface area (Å²) in [7, 11) is 1.57. The van der Waals surface area contributed by atoms with E-state index in [1.54, 1.807) is 37.5 Å². The van der Waals surface area contributed by atoms with Crippen molar-refractivity contribution >= 4 is 33.6 Å². The minimum atomic E-state index is -0.455. The fourth-order valence-electron chi connectivity index (χ4n) is 1.77. The number of carbonyl (C=O) groups is 1. The summed E-state index contributed by atoms with van der Waals surface area (Å²) in [6.45, 7) is 0. The van der Waals surface area contributed by atoms with Gasteiger partial charge in [-0.3, -0.25) is 4.79 Å². The predicted molar refractivity (Wildman–Crippen MR) is 89.4 cm³/mol. The Kier molecular flexibility index (Phi) is 5.34. The van der Waals surface area contributed by atoms with Crippen molar-refractivity contribution in [3.8, 4) is 11.8 Å². The van der Waals surface area contributed by atoms with Crippen molar-refractivity contribution in [3.05, 3.63) is 64.1 Å². The lowest BCUT2D eigenvalue weighted by atomic mass is 10.1. The van der Waals surface area contributed by atoms with Crippen LogP contribution in [0.25, 0.3) is 6.08 Å². The number of nitriles is 1. The predicted octanol–water partition coefficient (Wildman–Crippen LogP) is 4.00. The summed E-state index contributed by atoms with van der Waals surface area (Å²) in [5, 5.41) is 11.9. The Hall–Kier alpha value is -2.58. The van der Waals surface area contributed by atoms with Crippen molar-refractivity contribution in [2.75, 3.05) is 12.4 Å². The van der Waals surface area contributed by atoms with E-state index >= 15 is 0 Å². The molecule has 1 amide bonds. The molecule has 0 bridgehead atoms. The third kappa shape index (κ3) is 3.96. The summed E-state index contributed by atoms with van der Waals surface area (Å²) in [6.07, 6.45) is 1.54. The fourth-order valence-corrected chi connectivity index (χ4v) is 2.17. The Morgan fingerprint density at radius 1 is 1.23 bits per heavy atom. The smallest absolute Gasteiger partial charge is 0.266 e. The molecule has 0 saturated carbocycles. The van der Waals surface area contributed by atoms with Gasteiger partial charge in [-0.25, -0.2) is 0 Å². The molecule has 2 rings (SSSR count). The number of rotatable bonds is 4. The number of anilines is 1. The summed E-state index contributed by atoms with van der Waals surface area (Å²) in [5.41, 5.74) is 1.39. The molecule has 2 aromatic rings. The van der Waals surface area contributed by atoms with Crippen molar-refractivity contribution < 1.29 is 9.53 Å². The summed E-state index contributed by atoms with van der Waals surface area (Å²) in [4.78, 5) is 12.2. The highest BCUT2D eigenvalue weighted by Crippen LogP contribution is 2.20. The van der Waals surface area contributed by atoms with E-state index in [1.165, 1.54) is 0 Å². The molecule has 0 saturated heterocycles. The third-order valence-corrected chi connectivity index (χ3v) is 3.64. The van der Waals surface area contributed by atoms with Gasteiger partial charge >= 0.3 is 0 Å². The molecular formula is C17H13BrN2O2. The van der Waals surface area contributed by atoms with Crippen LogP contribution in [0, 0.1) is 11.3 Å². The molecule has 0 unspecified atom stereocenters.